The van der Waals surface area contributed by atoms with Crippen LogP contribution < -0.4 is 5.73 Å². The summed E-state index contributed by atoms with van der Waals surface area (Å²) in [6, 6.07) is 5.44. The number of morpholine rings is 1. The minimum Gasteiger partial charge on any atom is -0.382 e. The molecule has 180 valence electrons. The summed E-state index contributed by atoms with van der Waals surface area (Å²) in [5.41, 5.74) is 7.30. The average Bonchev–Trinajstić information content (AvgIpc) is 3.42. The van der Waals surface area contributed by atoms with Crippen molar-refractivity contribution in [2.24, 2.45) is 0 Å². The maximum atomic E-state index is 15.2. The first-order valence-electron chi connectivity index (χ1n) is 11.0. The molecule has 2 aliphatic rings. The van der Waals surface area contributed by atoms with Crippen LogP contribution in [0.5, 0.6) is 0 Å². The second-order valence-electron chi connectivity index (χ2n) is 8.97. The Kier molecular flexibility index (Phi) is 4.59. The summed E-state index contributed by atoms with van der Waals surface area (Å²) in [5, 5.41) is 0. The monoisotopic (exact) mass is 485 g/mol. The van der Waals surface area contributed by atoms with Gasteiger partial charge in [-0.2, -0.15) is 13.2 Å². The highest BCUT2D eigenvalue weighted by Gasteiger charge is 2.45. The molecular weight excluding hydrogens is 466 g/mol. The Labute approximate surface area is 196 Å². The van der Waals surface area contributed by atoms with Gasteiger partial charge in [-0.05, 0) is 36.2 Å². The van der Waals surface area contributed by atoms with E-state index >= 15 is 4.39 Å². The summed E-state index contributed by atoms with van der Waals surface area (Å²) < 4.78 is 62.5. The largest absolute Gasteiger partial charge is 0.416 e. The maximum Gasteiger partial charge on any atom is 0.416 e. The van der Waals surface area contributed by atoms with Gasteiger partial charge in [0.25, 0.3) is 5.91 Å². The van der Waals surface area contributed by atoms with Crippen molar-refractivity contribution in [3.8, 4) is 0 Å². The van der Waals surface area contributed by atoms with E-state index in [-0.39, 0.29) is 36.0 Å². The molecule has 2 aromatic heterocycles. The van der Waals surface area contributed by atoms with Gasteiger partial charge in [0, 0.05) is 19.0 Å². The summed E-state index contributed by atoms with van der Waals surface area (Å²) in [4.78, 5) is 23.5. The number of ether oxygens (including phenoxy) is 1. The summed E-state index contributed by atoms with van der Waals surface area (Å²) >= 11 is 0. The van der Waals surface area contributed by atoms with Crippen LogP contribution in [0.25, 0.3) is 16.6 Å². The Bertz CT molecular complexity index is 1520. The normalized spacial score (nSPS) is 22.0. The van der Waals surface area contributed by atoms with Gasteiger partial charge in [0.2, 0.25) is 0 Å². The zero-order valence-electron chi connectivity index (χ0n) is 18.4. The van der Waals surface area contributed by atoms with E-state index in [4.69, 9.17) is 10.5 Å². The topological polar surface area (TPSA) is 85.8 Å². The number of anilines is 1. The molecule has 2 aromatic carbocycles. The fourth-order valence-electron chi connectivity index (χ4n) is 5.22. The second-order valence-corrected chi connectivity index (χ2v) is 8.97. The maximum absolute atomic E-state index is 15.2. The highest BCUT2D eigenvalue weighted by Crippen LogP contribution is 2.44. The first kappa shape index (κ1) is 21.8. The molecule has 0 bridgehead atoms. The van der Waals surface area contributed by atoms with Crippen molar-refractivity contribution in [2.75, 3.05) is 12.3 Å². The van der Waals surface area contributed by atoms with Gasteiger partial charge in [-0.1, -0.05) is 6.07 Å². The van der Waals surface area contributed by atoms with Crippen LogP contribution in [-0.4, -0.2) is 43.9 Å². The number of nitrogens with two attached hydrogens (primary N) is 1. The third-order valence-electron chi connectivity index (χ3n) is 6.72. The van der Waals surface area contributed by atoms with Crippen LogP contribution in [0.3, 0.4) is 0 Å². The lowest BCUT2D eigenvalue weighted by atomic mass is 10.0. The number of fused-ring (bicyclic) bond motifs is 6. The molecule has 3 heterocycles. The third-order valence-corrected chi connectivity index (χ3v) is 6.72. The number of amides is 1. The minimum absolute atomic E-state index is 0.165. The molecule has 11 heteroatoms. The van der Waals surface area contributed by atoms with Crippen LogP contribution >= 0.6 is 0 Å². The Morgan fingerprint density at radius 2 is 2.00 bits per heavy atom. The molecule has 3 atom stereocenters. The molecule has 0 saturated carbocycles. The van der Waals surface area contributed by atoms with Crippen molar-refractivity contribution in [1.82, 2.24) is 19.3 Å². The Morgan fingerprint density at radius 1 is 1.20 bits per heavy atom. The summed E-state index contributed by atoms with van der Waals surface area (Å²) in [5.74, 6) is -1.17. The summed E-state index contributed by atoms with van der Waals surface area (Å²) in [6.45, 7) is 1.94. The fourth-order valence-corrected chi connectivity index (χ4v) is 5.22. The third kappa shape index (κ3) is 3.33. The number of aromatic nitrogens is 3. The van der Waals surface area contributed by atoms with Crippen LogP contribution in [0.15, 0.2) is 42.9 Å². The van der Waals surface area contributed by atoms with E-state index in [2.05, 4.69) is 9.97 Å². The van der Waals surface area contributed by atoms with Crippen LogP contribution in [0.1, 0.15) is 40.0 Å². The van der Waals surface area contributed by atoms with Gasteiger partial charge < -0.3 is 15.4 Å². The van der Waals surface area contributed by atoms with Gasteiger partial charge in [-0.3, -0.25) is 9.20 Å². The van der Waals surface area contributed by atoms with Gasteiger partial charge in [-0.15, -0.1) is 0 Å². The Morgan fingerprint density at radius 3 is 2.77 bits per heavy atom. The zero-order valence-corrected chi connectivity index (χ0v) is 18.4. The number of carbonyl (C=O) groups is 1. The van der Waals surface area contributed by atoms with E-state index in [9.17, 15) is 18.0 Å². The number of halogens is 4. The number of hydrogen-bond donors (Lipinski definition) is 1. The first-order valence-corrected chi connectivity index (χ1v) is 11.0. The number of nitrogen functional groups attached to an aromatic ring is 1. The van der Waals surface area contributed by atoms with Crippen LogP contribution in [-0.2, 0) is 17.3 Å². The lowest BCUT2D eigenvalue weighted by Gasteiger charge is -2.41. The Balaban J connectivity index is 1.44. The average molecular weight is 485 g/mol. The number of benzene rings is 2. The van der Waals surface area contributed by atoms with Gasteiger partial charge in [-0.25, -0.2) is 14.4 Å². The van der Waals surface area contributed by atoms with Crippen molar-refractivity contribution < 1.29 is 27.1 Å². The van der Waals surface area contributed by atoms with Crippen molar-refractivity contribution in [3.05, 3.63) is 70.9 Å². The molecule has 1 fully saturated rings. The second kappa shape index (κ2) is 7.38. The van der Waals surface area contributed by atoms with E-state index in [1.165, 1.54) is 29.6 Å². The molecule has 4 aromatic rings. The molecule has 2 N–H and O–H groups in total. The number of hydrogen-bond acceptors (Lipinski definition) is 5. The number of carbonyl (C=O) groups excluding carboxylic acids is 1. The molecule has 0 radical (unpaired) electrons. The molecule has 6 rings (SSSR count). The fraction of sp³-hybridized carbons (Fsp3) is 0.292. The number of alkyl halides is 3. The minimum atomic E-state index is -4.48. The molecule has 35 heavy (non-hydrogen) atoms. The quantitative estimate of drug-likeness (QED) is 0.410. The van der Waals surface area contributed by atoms with Crippen molar-refractivity contribution in [3.63, 3.8) is 0 Å². The smallest absolute Gasteiger partial charge is 0.382 e. The molecule has 0 unspecified atom stereocenters. The SMILES string of the molecule is C[C@H]1CN(C(=O)c2cc3c(cc2F)nc(N)c2cncn23)[C@@H]2c3ccc(C(F)(F)F)cc3C[C@@H]2O1. The highest BCUT2D eigenvalue weighted by atomic mass is 19.4. The van der Waals surface area contributed by atoms with Crippen LogP contribution in [0, 0.1) is 5.82 Å². The molecule has 1 saturated heterocycles. The standard InChI is InChI=1S/C24H19F4N5O2/c1-11-9-32(21-14-3-2-13(24(26,27)28)4-12(14)5-20(21)35-11)23(34)15-6-18-17(7-16(15)25)31-22(29)19-8-30-10-33(18)19/h2-4,6-8,10-11,20-21H,5,9H2,1H3,(H2,29,31)/t11-,20-,21+/m0/s1. The Hall–Kier alpha value is -3.73. The number of imidazole rings is 1. The molecule has 7 nitrogen and oxygen atoms in total. The van der Waals surface area contributed by atoms with Gasteiger partial charge in [0.05, 0.1) is 52.9 Å². The summed E-state index contributed by atoms with van der Waals surface area (Å²) in [7, 11) is 0. The summed E-state index contributed by atoms with van der Waals surface area (Å²) in [6.07, 6.45) is -2.12. The zero-order chi connectivity index (χ0) is 24.6. The first-order chi connectivity index (χ1) is 16.6. The molecule has 1 aliphatic heterocycles. The van der Waals surface area contributed by atoms with Gasteiger partial charge >= 0.3 is 6.18 Å². The highest BCUT2D eigenvalue weighted by molar-refractivity contribution is 5.99. The lowest BCUT2D eigenvalue weighted by molar-refractivity contribution is -0.137. The van der Waals surface area contributed by atoms with E-state index in [0.29, 0.717) is 22.2 Å². The number of rotatable bonds is 1. The van der Waals surface area contributed by atoms with Crippen molar-refractivity contribution >= 4 is 28.3 Å². The van der Waals surface area contributed by atoms with Gasteiger partial charge in [0.1, 0.15) is 17.2 Å². The van der Waals surface area contributed by atoms with E-state index in [1.807, 2.05) is 0 Å². The predicted octanol–water partition coefficient (Wildman–Crippen LogP) is 4.15. The van der Waals surface area contributed by atoms with E-state index < -0.39 is 35.6 Å². The molecule has 0 spiro atoms. The van der Waals surface area contributed by atoms with E-state index in [0.717, 1.165) is 18.2 Å². The molecule has 1 aliphatic carbocycles. The van der Waals surface area contributed by atoms with Gasteiger partial charge in [0.15, 0.2) is 0 Å². The van der Waals surface area contributed by atoms with Crippen LogP contribution in [0.2, 0.25) is 0 Å². The molecule has 1 amide bonds. The van der Waals surface area contributed by atoms with E-state index in [1.54, 1.807) is 11.3 Å². The predicted molar refractivity (Wildman–Crippen MR) is 118 cm³/mol. The van der Waals surface area contributed by atoms with Crippen LogP contribution in [0.4, 0.5) is 23.4 Å². The van der Waals surface area contributed by atoms with Crippen molar-refractivity contribution in [1.29, 1.82) is 0 Å². The van der Waals surface area contributed by atoms with Crippen molar-refractivity contribution in [2.45, 2.75) is 37.8 Å². The lowest BCUT2D eigenvalue weighted by Crippen LogP contribution is -2.50. The number of nitrogens with zero attached hydrogens (tertiary/aromatic N) is 4. The molecular formula is C24H19F4N5O2.